The fourth-order valence-electron chi connectivity index (χ4n) is 2.66. The van der Waals surface area contributed by atoms with Crippen molar-refractivity contribution < 1.29 is 18.7 Å². The zero-order chi connectivity index (χ0) is 16.8. The predicted octanol–water partition coefficient (Wildman–Crippen LogP) is 2.67. The van der Waals surface area contributed by atoms with Gasteiger partial charge >= 0.3 is 0 Å². The van der Waals surface area contributed by atoms with Crippen molar-refractivity contribution in [3.05, 3.63) is 54.6 Å². The molecule has 0 aliphatic carbocycles. The number of rotatable bonds is 5. The molecular weight excluding hydrogens is 311 g/mol. The maximum Gasteiger partial charge on any atom is 0.260 e. The predicted molar refractivity (Wildman–Crippen MR) is 86.4 cm³/mol. The van der Waals surface area contributed by atoms with Gasteiger partial charge in [0.25, 0.3) is 5.91 Å². The highest BCUT2D eigenvalue weighted by molar-refractivity contribution is 5.77. The lowest BCUT2D eigenvalue weighted by Crippen LogP contribution is -2.46. The van der Waals surface area contributed by atoms with Crippen LogP contribution in [-0.4, -0.2) is 41.6 Å². The minimum absolute atomic E-state index is 0.0569. The molecule has 0 radical (unpaired) electrons. The second kappa shape index (κ2) is 7.77. The van der Waals surface area contributed by atoms with Crippen molar-refractivity contribution in [1.29, 1.82) is 0 Å². The van der Waals surface area contributed by atoms with Crippen LogP contribution in [0.1, 0.15) is 12.8 Å². The number of amides is 1. The normalized spacial score (nSPS) is 17.4. The van der Waals surface area contributed by atoms with E-state index in [9.17, 15) is 9.18 Å². The summed E-state index contributed by atoms with van der Waals surface area (Å²) >= 11 is 0. The Bertz CT molecular complexity index is 681. The first-order chi connectivity index (χ1) is 11.7. The van der Waals surface area contributed by atoms with E-state index in [1.54, 1.807) is 41.6 Å². The molecule has 0 bridgehead atoms. The number of ether oxygens (including phenoxy) is 2. The Morgan fingerprint density at radius 2 is 2.04 bits per heavy atom. The summed E-state index contributed by atoms with van der Waals surface area (Å²) in [7, 11) is 0. The lowest BCUT2D eigenvalue weighted by molar-refractivity contribution is -0.136. The molecular formula is C18H19FN2O3. The van der Waals surface area contributed by atoms with Gasteiger partial charge in [0.2, 0.25) is 0 Å². The SMILES string of the molecule is O=C(COc1ccccc1F)N1CCC[C@@H](Oc2ccncc2)C1. The van der Waals surface area contributed by atoms with Crippen molar-refractivity contribution in [2.45, 2.75) is 18.9 Å². The van der Waals surface area contributed by atoms with Crippen molar-refractivity contribution >= 4 is 5.91 Å². The van der Waals surface area contributed by atoms with Gasteiger partial charge in [0.15, 0.2) is 18.2 Å². The number of nitrogens with zero attached hydrogens (tertiary/aromatic N) is 2. The van der Waals surface area contributed by atoms with Crippen LogP contribution < -0.4 is 9.47 Å². The van der Waals surface area contributed by atoms with E-state index in [0.717, 1.165) is 18.6 Å². The van der Waals surface area contributed by atoms with Gasteiger partial charge in [-0.25, -0.2) is 4.39 Å². The molecule has 2 heterocycles. The average Bonchev–Trinajstić information content (AvgIpc) is 2.62. The van der Waals surface area contributed by atoms with E-state index in [0.29, 0.717) is 13.1 Å². The van der Waals surface area contributed by atoms with Crippen LogP contribution >= 0.6 is 0 Å². The number of likely N-dealkylation sites (tertiary alicyclic amines) is 1. The maximum absolute atomic E-state index is 13.5. The summed E-state index contributed by atoms with van der Waals surface area (Å²) in [5.41, 5.74) is 0. The number of hydrogen-bond donors (Lipinski definition) is 0. The molecule has 2 aromatic rings. The van der Waals surface area contributed by atoms with Crippen molar-refractivity contribution in [2.24, 2.45) is 0 Å². The van der Waals surface area contributed by atoms with E-state index in [1.807, 2.05) is 0 Å². The summed E-state index contributed by atoms with van der Waals surface area (Å²) in [5.74, 6) is 0.198. The average molecular weight is 330 g/mol. The third-order valence-electron chi connectivity index (χ3n) is 3.87. The highest BCUT2D eigenvalue weighted by atomic mass is 19.1. The summed E-state index contributed by atoms with van der Waals surface area (Å²) < 4.78 is 24.7. The molecule has 0 N–H and O–H groups in total. The topological polar surface area (TPSA) is 51.7 Å². The van der Waals surface area contributed by atoms with E-state index in [1.165, 1.54) is 12.1 Å². The number of hydrogen-bond acceptors (Lipinski definition) is 4. The maximum atomic E-state index is 13.5. The molecule has 1 fully saturated rings. The molecule has 1 atom stereocenters. The summed E-state index contributed by atoms with van der Waals surface area (Å²) in [5, 5.41) is 0. The van der Waals surface area contributed by atoms with E-state index in [4.69, 9.17) is 9.47 Å². The Balaban J connectivity index is 1.52. The van der Waals surface area contributed by atoms with Crippen LogP contribution in [0, 0.1) is 5.82 Å². The van der Waals surface area contributed by atoms with Gasteiger partial charge in [0, 0.05) is 18.9 Å². The highest BCUT2D eigenvalue weighted by Crippen LogP contribution is 2.19. The quantitative estimate of drug-likeness (QED) is 0.846. The fourth-order valence-corrected chi connectivity index (χ4v) is 2.66. The van der Waals surface area contributed by atoms with E-state index in [-0.39, 0.29) is 24.4 Å². The molecule has 24 heavy (non-hydrogen) atoms. The Morgan fingerprint density at radius 3 is 2.83 bits per heavy atom. The lowest BCUT2D eigenvalue weighted by atomic mass is 10.1. The first-order valence-electron chi connectivity index (χ1n) is 7.94. The summed E-state index contributed by atoms with van der Waals surface area (Å²) in [6.45, 7) is 0.986. The van der Waals surface area contributed by atoms with E-state index in [2.05, 4.69) is 4.98 Å². The second-order valence-electron chi connectivity index (χ2n) is 5.62. The molecule has 6 heteroatoms. The Hall–Kier alpha value is -2.63. The number of carbonyl (C=O) groups is 1. The number of halogens is 1. The first kappa shape index (κ1) is 16.2. The molecule has 0 spiro atoms. The fraction of sp³-hybridized carbons (Fsp3) is 0.333. The van der Waals surface area contributed by atoms with Gasteiger partial charge in [-0.05, 0) is 37.1 Å². The van der Waals surface area contributed by atoms with Gasteiger partial charge in [-0.3, -0.25) is 9.78 Å². The Kier molecular flexibility index (Phi) is 5.25. The zero-order valence-electron chi connectivity index (χ0n) is 13.2. The third kappa shape index (κ3) is 4.22. The molecule has 1 aliphatic rings. The van der Waals surface area contributed by atoms with Gasteiger partial charge in [-0.15, -0.1) is 0 Å². The van der Waals surface area contributed by atoms with Gasteiger partial charge in [-0.2, -0.15) is 0 Å². The standard InChI is InChI=1S/C18H19FN2O3/c19-16-5-1-2-6-17(16)23-13-18(22)21-11-3-4-15(12-21)24-14-7-9-20-10-8-14/h1-2,5-10,15H,3-4,11-13H2/t15-/m1/s1. The van der Waals surface area contributed by atoms with Gasteiger partial charge in [-0.1, -0.05) is 12.1 Å². The van der Waals surface area contributed by atoms with Crippen molar-refractivity contribution in [3.63, 3.8) is 0 Å². The van der Waals surface area contributed by atoms with Gasteiger partial charge in [0.1, 0.15) is 11.9 Å². The second-order valence-corrected chi connectivity index (χ2v) is 5.62. The molecule has 1 amide bonds. The van der Waals surface area contributed by atoms with E-state index < -0.39 is 5.82 Å². The van der Waals surface area contributed by atoms with Crippen LogP contribution in [0.15, 0.2) is 48.8 Å². The smallest absolute Gasteiger partial charge is 0.260 e. The number of aromatic nitrogens is 1. The summed E-state index contributed by atoms with van der Waals surface area (Å²) in [4.78, 5) is 17.9. The Morgan fingerprint density at radius 1 is 1.25 bits per heavy atom. The first-order valence-corrected chi connectivity index (χ1v) is 7.94. The third-order valence-corrected chi connectivity index (χ3v) is 3.87. The van der Waals surface area contributed by atoms with Crippen LogP contribution in [0.2, 0.25) is 0 Å². The zero-order valence-corrected chi connectivity index (χ0v) is 13.2. The molecule has 1 aromatic carbocycles. The summed E-state index contributed by atoms with van der Waals surface area (Å²) in [6.07, 6.45) is 5.03. The minimum Gasteiger partial charge on any atom is -0.488 e. The lowest BCUT2D eigenvalue weighted by Gasteiger charge is -2.32. The van der Waals surface area contributed by atoms with Crippen LogP contribution in [0.3, 0.4) is 0 Å². The molecule has 1 saturated heterocycles. The molecule has 3 rings (SSSR count). The van der Waals surface area contributed by atoms with Crippen LogP contribution in [-0.2, 0) is 4.79 Å². The molecule has 1 aliphatic heterocycles. The number of benzene rings is 1. The number of piperidine rings is 1. The van der Waals surface area contributed by atoms with Gasteiger partial charge < -0.3 is 14.4 Å². The van der Waals surface area contributed by atoms with Crippen molar-refractivity contribution in [1.82, 2.24) is 9.88 Å². The Labute approximate surface area is 140 Å². The molecule has 0 saturated carbocycles. The summed E-state index contributed by atoms with van der Waals surface area (Å²) in [6, 6.07) is 9.65. The van der Waals surface area contributed by atoms with Crippen molar-refractivity contribution in [2.75, 3.05) is 19.7 Å². The van der Waals surface area contributed by atoms with Crippen LogP contribution in [0.25, 0.3) is 0 Å². The molecule has 5 nitrogen and oxygen atoms in total. The van der Waals surface area contributed by atoms with E-state index >= 15 is 0 Å². The molecule has 126 valence electrons. The minimum atomic E-state index is -0.470. The number of pyridine rings is 1. The largest absolute Gasteiger partial charge is 0.488 e. The van der Waals surface area contributed by atoms with Crippen LogP contribution in [0.5, 0.6) is 11.5 Å². The number of para-hydroxylation sites is 1. The molecule has 0 unspecified atom stereocenters. The van der Waals surface area contributed by atoms with Crippen LogP contribution in [0.4, 0.5) is 4.39 Å². The molecule has 1 aromatic heterocycles. The highest BCUT2D eigenvalue weighted by Gasteiger charge is 2.25. The van der Waals surface area contributed by atoms with Gasteiger partial charge in [0.05, 0.1) is 6.54 Å². The van der Waals surface area contributed by atoms with Crippen molar-refractivity contribution in [3.8, 4) is 11.5 Å². The number of carbonyl (C=O) groups excluding carboxylic acids is 1. The monoisotopic (exact) mass is 330 g/mol.